The Labute approximate surface area is 235 Å². The number of imidazole rings is 1. The minimum absolute atomic E-state index is 0.00992. The van der Waals surface area contributed by atoms with Crippen LogP contribution in [0.1, 0.15) is 61.1 Å². The van der Waals surface area contributed by atoms with Gasteiger partial charge in [-0.2, -0.15) is 10.2 Å². The van der Waals surface area contributed by atoms with Crippen molar-refractivity contribution in [1.29, 1.82) is 5.26 Å². The second kappa shape index (κ2) is 14.4. The van der Waals surface area contributed by atoms with Gasteiger partial charge in [0.15, 0.2) is 17.4 Å². The van der Waals surface area contributed by atoms with Crippen molar-refractivity contribution in [1.82, 2.24) is 24.2 Å². The molecule has 5 atom stereocenters. The molecular weight excluding hydrogens is 539 g/mol. The molecule has 3 rings (SSSR count). The summed E-state index contributed by atoms with van der Waals surface area (Å²) in [5.41, 5.74) is 6.43. The lowest BCUT2D eigenvalue weighted by Crippen LogP contribution is -2.43. The lowest BCUT2D eigenvalue weighted by molar-refractivity contribution is -0.118. The second-order valence-corrected chi connectivity index (χ2v) is 11.7. The van der Waals surface area contributed by atoms with Crippen molar-refractivity contribution in [2.45, 2.75) is 91.4 Å². The molecule has 1 unspecified atom stereocenters. The van der Waals surface area contributed by atoms with E-state index in [0.29, 0.717) is 6.61 Å². The molecule has 40 heavy (non-hydrogen) atoms. The summed E-state index contributed by atoms with van der Waals surface area (Å²) >= 11 is 0. The van der Waals surface area contributed by atoms with Crippen LogP contribution in [0.25, 0.3) is 11.2 Å². The number of aromatic amines is 1. The van der Waals surface area contributed by atoms with Crippen LogP contribution in [-0.4, -0.2) is 80.3 Å². The summed E-state index contributed by atoms with van der Waals surface area (Å²) in [4.78, 5) is 36.1. The maximum absolute atomic E-state index is 12.7. The van der Waals surface area contributed by atoms with Gasteiger partial charge in [-0.3, -0.25) is 24.5 Å². The highest BCUT2D eigenvalue weighted by atomic mass is 31.2. The molecule has 0 aromatic carbocycles. The van der Waals surface area contributed by atoms with E-state index in [1.54, 1.807) is 18.4 Å². The number of amides is 1. The molecular formula is C25H41N8O6P. The Morgan fingerprint density at radius 2 is 2.00 bits per heavy atom. The van der Waals surface area contributed by atoms with E-state index in [2.05, 4.69) is 58.7 Å². The Morgan fingerprint density at radius 1 is 1.30 bits per heavy atom. The van der Waals surface area contributed by atoms with E-state index in [-0.39, 0.29) is 60.7 Å². The normalized spacial score (nSPS) is 22.1. The molecule has 2 aromatic rings. The third-order valence-corrected chi connectivity index (χ3v) is 8.32. The Kier molecular flexibility index (Phi) is 11.5. The zero-order valence-corrected chi connectivity index (χ0v) is 25.1. The fourth-order valence-corrected chi connectivity index (χ4v) is 6.01. The first-order valence-electron chi connectivity index (χ1n) is 13.5. The monoisotopic (exact) mass is 580 g/mol. The van der Waals surface area contributed by atoms with Crippen LogP contribution in [0.3, 0.4) is 0 Å². The first kappa shape index (κ1) is 32.0. The molecule has 3 heterocycles. The fraction of sp³-hybridized carbons (Fsp3) is 0.720. The van der Waals surface area contributed by atoms with Gasteiger partial charge in [-0.25, -0.2) is 9.65 Å². The molecule has 1 amide bonds. The lowest BCUT2D eigenvalue weighted by Gasteiger charge is -2.36. The van der Waals surface area contributed by atoms with Crippen LogP contribution in [0.5, 0.6) is 0 Å². The number of hydrogen-bond donors (Lipinski definition) is 3. The molecule has 0 aliphatic carbocycles. The summed E-state index contributed by atoms with van der Waals surface area (Å²) in [7, 11) is -1.49. The number of rotatable bonds is 14. The maximum atomic E-state index is 12.7. The molecule has 2 aromatic heterocycles. The van der Waals surface area contributed by atoms with Gasteiger partial charge in [0.1, 0.15) is 12.2 Å². The third-order valence-electron chi connectivity index (χ3n) is 6.25. The van der Waals surface area contributed by atoms with Crippen molar-refractivity contribution in [3.63, 3.8) is 0 Å². The van der Waals surface area contributed by atoms with Gasteiger partial charge in [0, 0.05) is 24.6 Å². The average Bonchev–Trinajstić information content (AvgIpc) is 3.43. The summed E-state index contributed by atoms with van der Waals surface area (Å²) in [6.07, 6.45) is -0.229. The second-order valence-electron chi connectivity index (χ2n) is 10.3. The van der Waals surface area contributed by atoms with E-state index < -0.39 is 38.6 Å². The number of fused-ring (bicyclic) bond motifs is 1. The summed E-state index contributed by atoms with van der Waals surface area (Å²) in [6, 6.07) is 1.80. The summed E-state index contributed by atoms with van der Waals surface area (Å²) in [5.74, 6) is -0.583. The van der Waals surface area contributed by atoms with Crippen LogP contribution >= 0.6 is 8.53 Å². The zero-order chi connectivity index (χ0) is 29.6. The van der Waals surface area contributed by atoms with Crippen LogP contribution in [0.15, 0.2) is 11.1 Å². The molecule has 1 saturated heterocycles. The summed E-state index contributed by atoms with van der Waals surface area (Å²) in [5, 5.41) is 11.6. The van der Waals surface area contributed by atoms with Crippen LogP contribution in [0, 0.1) is 17.2 Å². The van der Waals surface area contributed by atoms with Gasteiger partial charge in [0.05, 0.1) is 38.1 Å². The van der Waals surface area contributed by atoms with Crippen molar-refractivity contribution in [2.24, 2.45) is 11.7 Å². The van der Waals surface area contributed by atoms with Gasteiger partial charge in [0.25, 0.3) is 14.1 Å². The molecule has 15 heteroatoms. The van der Waals surface area contributed by atoms with Crippen LogP contribution in [-0.2, 0) is 23.3 Å². The predicted molar refractivity (Wildman–Crippen MR) is 150 cm³/mol. The van der Waals surface area contributed by atoms with E-state index in [1.807, 2.05) is 6.92 Å². The van der Waals surface area contributed by atoms with Gasteiger partial charge in [-0.1, -0.05) is 13.8 Å². The van der Waals surface area contributed by atoms with Gasteiger partial charge >= 0.3 is 0 Å². The Balaban J connectivity index is 1.87. The summed E-state index contributed by atoms with van der Waals surface area (Å²) < 4.78 is 28.3. The predicted octanol–water partition coefficient (Wildman–Crippen LogP) is 2.64. The minimum Gasteiger partial charge on any atom is -0.372 e. The number of aromatic nitrogens is 4. The molecule has 14 nitrogen and oxygen atoms in total. The number of nitrogens with zero attached hydrogens (tertiary/aromatic N) is 5. The van der Waals surface area contributed by atoms with Crippen LogP contribution in [0.4, 0.5) is 5.95 Å². The number of nitrogens with two attached hydrogens (primary N) is 1. The van der Waals surface area contributed by atoms with E-state index in [0.717, 1.165) is 0 Å². The molecule has 222 valence electrons. The van der Waals surface area contributed by atoms with Crippen molar-refractivity contribution in [3.8, 4) is 6.07 Å². The average molecular weight is 581 g/mol. The van der Waals surface area contributed by atoms with Crippen molar-refractivity contribution in [3.05, 3.63) is 16.7 Å². The topological polar surface area (TPSA) is 183 Å². The molecule has 0 spiro atoms. The minimum atomic E-state index is -1.49. The molecule has 1 aliphatic rings. The van der Waals surface area contributed by atoms with Crippen molar-refractivity contribution in [2.75, 3.05) is 25.1 Å². The largest absolute Gasteiger partial charge is 0.372 e. The van der Waals surface area contributed by atoms with E-state index in [4.69, 9.17) is 29.5 Å². The fourth-order valence-electron chi connectivity index (χ4n) is 4.39. The number of nitriles is 1. The quantitative estimate of drug-likeness (QED) is 0.221. The smallest absolute Gasteiger partial charge is 0.280 e. The maximum Gasteiger partial charge on any atom is 0.280 e. The SMILES string of the molecule is CCO[C@@H]1[C@H](N)[C@@H](COP(OCCC#N)N(C(C)C)C(C)C)O[C@H]1n1cnc2c(=O)[nH]c(NC(=O)C(C)C)nc21. The van der Waals surface area contributed by atoms with Crippen molar-refractivity contribution < 1.29 is 23.3 Å². The Hall–Kier alpha value is -2.50. The van der Waals surface area contributed by atoms with E-state index in [1.165, 1.54) is 6.33 Å². The molecule has 0 saturated carbocycles. The number of carbonyl (C=O) groups is 1. The number of anilines is 1. The van der Waals surface area contributed by atoms with Gasteiger partial charge in [-0.05, 0) is 34.6 Å². The standard InChI is InChI=1S/C25H41N8O6P/c1-8-36-20-18(27)17(12-38-40(37-11-9-10-26)33(15(4)5)16(6)7)39-24(20)32-13-28-19-21(32)29-25(31-23(19)35)30-22(34)14(2)3/h13-18,20,24H,8-9,11-12,27H2,1-7H3,(H2,29,30,31,34,35)/t17-,18-,20-,24-,40?/m1/s1. The Bertz CT molecular complexity index is 1220. The lowest BCUT2D eigenvalue weighted by atomic mass is 10.1. The van der Waals surface area contributed by atoms with E-state index >= 15 is 0 Å². The van der Waals surface area contributed by atoms with Crippen LogP contribution in [0.2, 0.25) is 0 Å². The highest BCUT2D eigenvalue weighted by Gasteiger charge is 2.46. The molecule has 0 radical (unpaired) electrons. The molecule has 1 fully saturated rings. The van der Waals surface area contributed by atoms with Gasteiger partial charge < -0.3 is 24.3 Å². The number of carbonyl (C=O) groups excluding carboxylic acids is 1. The first-order valence-corrected chi connectivity index (χ1v) is 14.6. The number of H-pyrrole nitrogens is 1. The molecule has 0 bridgehead atoms. The zero-order valence-electron chi connectivity index (χ0n) is 24.2. The number of ether oxygens (including phenoxy) is 2. The number of nitrogens with one attached hydrogen (secondary N) is 2. The first-order chi connectivity index (χ1) is 19.0. The van der Waals surface area contributed by atoms with Crippen molar-refractivity contribution >= 4 is 31.5 Å². The molecule has 4 N–H and O–H groups in total. The molecule has 1 aliphatic heterocycles. The van der Waals surface area contributed by atoms with Gasteiger partial charge in [-0.15, -0.1) is 0 Å². The highest BCUT2D eigenvalue weighted by Crippen LogP contribution is 2.47. The van der Waals surface area contributed by atoms with Gasteiger partial charge in [0.2, 0.25) is 11.9 Å². The Morgan fingerprint density at radius 3 is 2.60 bits per heavy atom. The third kappa shape index (κ3) is 7.41. The van der Waals surface area contributed by atoms with E-state index in [9.17, 15) is 9.59 Å². The summed E-state index contributed by atoms with van der Waals surface area (Å²) in [6.45, 7) is 14.3. The highest BCUT2D eigenvalue weighted by molar-refractivity contribution is 7.44. The van der Waals surface area contributed by atoms with Crippen LogP contribution < -0.4 is 16.6 Å². The number of hydrogen-bond acceptors (Lipinski definition) is 11.